The molecule has 0 fully saturated rings. The molecule has 1 N–H and O–H groups in total. The third-order valence-corrected chi connectivity index (χ3v) is 4.18. The maximum absolute atomic E-state index is 13.0. The van der Waals surface area contributed by atoms with Gasteiger partial charge in [-0.1, -0.05) is 0 Å². The Morgan fingerprint density at radius 2 is 1.78 bits per heavy atom. The molecule has 3 rings (SSSR count). The largest absolute Gasteiger partial charge is 0.491 e. The van der Waals surface area contributed by atoms with Crippen LogP contribution in [0.4, 0.5) is 10.1 Å². The summed E-state index contributed by atoms with van der Waals surface area (Å²) in [4.78, 5) is 25.3. The first-order valence-electron chi connectivity index (χ1n) is 8.73. The summed E-state index contributed by atoms with van der Waals surface area (Å²) in [5.74, 6) is -0.0489. The number of carbonyl (C=O) groups excluding carboxylic acids is 1. The number of anilines is 1. The fourth-order valence-electron chi connectivity index (χ4n) is 2.80. The number of benzene rings is 2. The zero-order chi connectivity index (χ0) is 19.6. The van der Waals surface area contributed by atoms with E-state index in [0.29, 0.717) is 16.8 Å². The van der Waals surface area contributed by atoms with Gasteiger partial charge in [-0.2, -0.15) is 0 Å². The lowest BCUT2D eigenvalue weighted by Crippen LogP contribution is -2.31. The van der Waals surface area contributed by atoms with Crippen molar-refractivity contribution in [3.8, 4) is 5.75 Å². The van der Waals surface area contributed by atoms with Crippen molar-refractivity contribution in [2.75, 3.05) is 5.32 Å². The molecule has 3 aromatic rings. The maximum atomic E-state index is 13.0. The molecule has 0 aliphatic carbocycles. The number of fused-ring (bicyclic) bond motifs is 1. The van der Waals surface area contributed by atoms with Gasteiger partial charge < -0.3 is 14.6 Å². The molecule has 0 aliphatic heterocycles. The van der Waals surface area contributed by atoms with Crippen molar-refractivity contribution in [2.45, 2.75) is 32.9 Å². The van der Waals surface area contributed by atoms with Gasteiger partial charge in [0.15, 0.2) is 0 Å². The normalized spacial score (nSPS) is 12.2. The summed E-state index contributed by atoms with van der Waals surface area (Å²) in [5, 5.41) is 3.95. The van der Waals surface area contributed by atoms with Gasteiger partial charge in [-0.05, 0) is 74.7 Å². The van der Waals surface area contributed by atoms with Crippen molar-refractivity contribution < 1.29 is 13.9 Å². The van der Waals surface area contributed by atoms with Crippen LogP contribution in [-0.2, 0) is 4.79 Å². The van der Waals surface area contributed by atoms with Crippen molar-refractivity contribution >= 4 is 22.4 Å². The third-order valence-electron chi connectivity index (χ3n) is 4.18. The van der Waals surface area contributed by atoms with Crippen LogP contribution in [0.5, 0.6) is 5.75 Å². The highest BCUT2D eigenvalue weighted by molar-refractivity contribution is 5.93. The van der Waals surface area contributed by atoms with Crippen LogP contribution in [0.25, 0.3) is 10.8 Å². The third kappa shape index (κ3) is 4.16. The molecule has 1 aromatic heterocycles. The summed E-state index contributed by atoms with van der Waals surface area (Å²) in [6.45, 7) is 5.51. The van der Waals surface area contributed by atoms with Gasteiger partial charge in [-0.3, -0.25) is 9.59 Å². The second-order valence-electron chi connectivity index (χ2n) is 6.62. The number of nitrogens with zero attached hydrogens (tertiary/aromatic N) is 1. The molecule has 0 radical (unpaired) electrons. The number of hydrogen-bond donors (Lipinski definition) is 1. The van der Waals surface area contributed by atoms with Gasteiger partial charge in [0.2, 0.25) is 5.91 Å². The highest BCUT2D eigenvalue weighted by atomic mass is 19.1. The molecule has 6 heteroatoms. The first-order valence-corrected chi connectivity index (χ1v) is 8.73. The molecule has 140 valence electrons. The zero-order valence-electron chi connectivity index (χ0n) is 15.4. The number of carbonyl (C=O) groups is 1. The minimum atomic E-state index is -0.724. The quantitative estimate of drug-likeness (QED) is 0.737. The number of rotatable bonds is 5. The molecule has 27 heavy (non-hydrogen) atoms. The van der Waals surface area contributed by atoms with Crippen LogP contribution in [0.1, 0.15) is 26.8 Å². The second kappa shape index (κ2) is 7.61. The summed E-state index contributed by atoms with van der Waals surface area (Å²) < 4.78 is 20.0. The number of aromatic nitrogens is 1. The summed E-state index contributed by atoms with van der Waals surface area (Å²) in [6.07, 6.45) is 1.64. The predicted octanol–water partition coefficient (Wildman–Crippen LogP) is 4.13. The van der Waals surface area contributed by atoms with Gasteiger partial charge in [0, 0.05) is 17.3 Å². The Hall–Kier alpha value is -3.15. The predicted molar refractivity (Wildman–Crippen MR) is 104 cm³/mol. The van der Waals surface area contributed by atoms with E-state index in [-0.39, 0.29) is 23.4 Å². The SMILES string of the molecule is CC(C)Oc1ccc2c(=O)n(C(C)C(=O)Nc3ccc(F)cc3)ccc2c1. The number of hydrogen-bond acceptors (Lipinski definition) is 3. The fraction of sp³-hybridized carbons (Fsp3) is 0.238. The van der Waals surface area contributed by atoms with Gasteiger partial charge in [0.25, 0.3) is 5.56 Å². The van der Waals surface area contributed by atoms with E-state index in [1.807, 2.05) is 19.9 Å². The summed E-state index contributed by atoms with van der Waals surface area (Å²) in [6, 6.07) is 11.8. The maximum Gasteiger partial charge on any atom is 0.259 e. The Labute approximate surface area is 156 Å². The van der Waals surface area contributed by atoms with E-state index in [0.717, 1.165) is 5.39 Å². The molecule has 0 bridgehead atoms. The number of nitrogens with one attached hydrogen (secondary N) is 1. The van der Waals surface area contributed by atoms with E-state index in [1.165, 1.54) is 28.8 Å². The number of halogens is 1. The van der Waals surface area contributed by atoms with Crippen LogP contribution in [0.15, 0.2) is 59.5 Å². The minimum absolute atomic E-state index is 0.0398. The Balaban J connectivity index is 1.86. The minimum Gasteiger partial charge on any atom is -0.491 e. The summed E-state index contributed by atoms with van der Waals surface area (Å²) in [7, 11) is 0. The van der Waals surface area contributed by atoms with Gasteiger partial charge in [-0.15, -0.1) is 0 Å². The van der Waals surface area contributed by atoms with Crippen molar-refractivity contribution in [2.24, 2.45) is 0 Å². The van der Waals surface area contributed by atoms with E-state index in [1.54, 1.807) is 31.3 Å². The van der Waals surface area contributed by atoms with E-state index < -0.39 is 6.04 Å². The first kappa shape index (κ1) is 18.6. The molecule has 0 aliphatic rings. The topological polar surface area (TPSA) is 60.3 Å². The smallest absolute Gasteiger partial charge is 0.259 e. The lowest BCUT2D eigenvalue weighted by Gasteiger charge is -2.16. The Kier molecular flexibility index (Phi) is 5.26. The fourth-order valence-corrected chi connectivity index (χ4v) is 2.80. The van der Waals surface area contributed by atoms with Gasteiger partial charge in [-0.25, -0.2) is 4.39 Å². The van der Waals surface area contributed by atoms with Gasteiger partial charge in [0.05, 0.1) is 6.10 Å². The van der Waals surface area contributed by atoms with Crippen LogP contribution >= 0.6 is 0 Å². The highest BCUT2D eigenvalue weighted by Crippen LogP contribution is 2.20. The number of amides is 1. The van der Waals surface area contributed by atoms with Crippen LogP contribution in [0, 0.1) is 5.82 Å². The summed E-state index contributed by atoms with van der Waals surface area (Å²) in [5.41, 5.74) is 0.211. The average Bonchev–Trinajstić information content (AvgIpc) is 2.63. The Morgan fingerprint density at radius 3 is 2.44 bits per heavy atom. The van der Waals surface area contributed by atoms with Crippen molar-refractivity contribution in [3.63, 3.8) is 0 Å². The molecular weight excluding hydrogens is 347 g/mol. The monoisotopic (exact) mass is 368 g/mol. The van der Waals surface area contributed by atoms with Crippen molar-refractivity contribution in [1.82, 2.24) is 4.57 Å². The Morgan fingerprint density at radius 1 is 1.07 bits per heavy atom. The van der Waals surface area contributed by atoms with E-state index >= 15 is 0 Å². The van der Waals surface area contributed by atoms with E-state index in [9.17, 15) is 14.0 Å². The zero-order valence-corrected chi connectivity index (χ0v) is 15.4. The molecule has 1 atom stereocenters. The van der Waals surface area contributed by atoms with Crippen molar-refractivity contribution in [3.05, 3.63) is 70.9 Å². The van der Waals surface area contributed by atoms with Crippen LogP contribution in [0.3, 0.4) is 0 Å². The molecular formula is C21H21FN2O3. The van der Waals surface area contributed by atoms with Crippen LogP contribution < -0.4 is 15.6 Å². The van der Waals surface area contributed by atoms with Crippen LogP contribution in [0.2, 0.25) is 0 Å². The molecule has 0 saturated carbocycles. The van der Waals surface area contributed by atoms with Gasteiger partial charge >= 0.3 is 0 Å². The standard InChI is InChI=1S/C21H21FN2O3/c1-13(2)27-18-8-9-19-15(12-18)10-11-24(21(19)26)14(3)20(25)23-17-6-4-16(22)5-7-17/h4-14H,1-3H3,(H,23,25). The number of ether oxygens (including phenoxy) is 1. The van der Waals surface area contributed by atoms with E-state index in [4.69, 9.17) is 4.74 Å². The molecule has 5 nitrogen and oxygen atoms in total. The molecule has 2 aromatic carbocycles. The summed E-state index contributed by atoms with van der Waals surface area (Å²) >= 11 is 0. The number of pyridine rings is 1. The highest BCUT2D eigenvalue weighted by Gasteiger charge is 2.17. The van der Waals surface area contributed by atoms with Crippen LogP contribution in [-0.4, -0.2) is 16.6 Å². The molecule has 1 unspecified atom stereocenters. The lowest BCUT2D eigenvalue weighted by molar-refractivity contribution is -0.118. The molecule has 1 heterocycles. The molecule has 0 spiro atoms. The second-order valence-corrected chi connectivity index (χ2v) is 6.62. The Bertz CT molecular complexity index is 1030. The van der Waals surface area contributed by atoms with Gasteiger partial charge in [0.1, 0.15) is 17.6 Å². The average molecular weight is 368 g/mol. The van der Waals surface area contributed by atoms with E-state index in [2.05, 4.69) is 5.32 Å². The first-order chi connectivity index (χ1) is 12.8. The lowest BCUT2D eigenvalue weighted by atomic mass is 10.1. The molecule has 1 amide bonds. The van der Waals surface area contributed by atoms with Crippen molar-refractivity contribution in [1.29, 1.82) is 0 Å². The molecule has 0 saturated heterocycles.